The third-order valence-corrected chi connectivity index (χ3v) is 7.92. The lowest BCUT2D eigenvalue weighted by atomic mass is 10.1. The smallest absolute Gasteiger partial charge is 0.264 e. The summed E-state index contributed by atoms with van der Waals surface area (Å²) >= 11 is 6.15. The van der Waals surface area contributed by atoms with Crippen LogP contribution in [0.5, 0.6) is 5.75 Å². The number of ether oxygens (including phenoxy) is 1. The van der Waals surface area contributed by atoms with Crippen molar-refractivity contribution >= 4 is 33.2 Å². The summed E-state index contributed by atoms with van der Waals surface area (Å²) in [5.74, 6) is 0.0453. The number of nitrogens with zero attached hydrogens (tertiary/aromatic N) is 1. The fourth-order valence-electron chi connectivity index (χ4n) is 4.14. The highest BCUT2D eigenvalue weighted by atomic mass is 35.5. The van der Waals surface area contributed by atoms with E-state index < -0.39 is 16.1 Å². The average Bonchev–Trinajstić information content (AvgIpc) is 3.02. The molecule has 1 amide bonds. The molecule has 0 saturated heterocycles. The van der Waals surface area contributed by atoms with Crippen LogP contribution in [-0.4, -0.2) is 33.0 Å². The maximum Gasteiger partial charge on any atom is 0.264 e. The summed E-state index contributed by atoms with van der Waals surface area (Å²) in [5, 5.41) is 3.47. The number of anilines is 1. The number of halogens is 1. The zero-order valence-corrected chi connectivity index (χ0v) is 19.1. The Morgan fingerprint density at radius 2 is 1.74 bits per heavy atom. The number of fused-ring (bicyclic) bond motifs is 1. The molecular formula is C23H27ClN2O4S. The van der Waals surface area contributed by atoms with Gasteiger partial charge in [0.2, 0.25) is 0 Å². The van der Waals surface area contributed by atoms with E-state index in [9.17, 15) is 13.2 Å². The van der Waals surface area contributed by atoms with Gasteiger partial charge in [0.05, 0.1) is 17.1 Å². The van der Waals surface area contributed by atoms with Crippen LogP contribution in [0.2, 0.25) is 5.02 Å². The topological polar surface area (TPSA) is 75.7 Å². The Kier molecular flexibility index (Phi) is 6.44. The molecule has 2 aromatic carbocycles. The first-order valence-corrected chi connectivity index (χ1v) is 12.5. The second kappa shape index (κ2) is 9.09. The highest BCUT2D eigenvalue weighted by Crippen LogP contribution is 2.39. The highest BCUT2D eigenvalue weighted by Gasteiger charge is 2.38. The molecule has 6 nitrogen and oxygen atoms in total. The molecule has 1 unspecified atom stereocenters. The molecule has 1 atom stereocenters. The van der Waals surface area contributed by atoms with Crippen molar-refractivity contribution in [2.24, 2.45) is 0 Å². The van der Waals surface area contributed by atoms with Crippen LogP contribution in [0.4, 0.5) is 5.69 Å². The minimum absolute atomic E-state index is 0.104. The summed E-state index contributed by atoms with van der Waals surface area (Å²) in [6.45, 7) is 1.79. The SMILES string of the molecule is Cc1ccc(S(=O)(=O)N2CC(C(=O)NC3CCCCCC3)Oc3ccc(Cl)cc32)cc1. The fourth-order valence-corrected chi connectivity index (χ4v) is 5.78. The number of rotatable bonds is 4. The first-order chi connectivity index (χ1) is 14.8. The van der Waals surface area contributed by atoms with Gasteiger partial charge in [-0.15, -0.1) is 0 Å². The summed E-state index contributed by atoms with van der Waals surface area (Å²) in [6, 6.07) is 11.6. The Bertz CT molecular complexity index is 1050. The van der Waals surface area contributed by atoms with Gasteiger partial charge < -0.3 is 10.1 Å². The zero-order valence-electron chi connectivity index (χ0n) is 17.5. The van der Waals surface area contributed by atoms with Gasteiger partial charge in [0.1, 0.15) is 5.75 Å². The molecule has 1 heterocycles. The molecule has 1 N–H and O–H groups in total. The molecule has 166 valence electrons. The largest absolute Gasteiger partial charge is 0.476 e. The van der Waals surface area contributed by atoms with Crippen molar-refractivity contribution in [1.82, 2.24) is 5.32 Å². The van der Waals surface area contributed by atoms with Gasteiger partial charge in [-0.25, -0.2) is 8.42 Å². The third-order valence-electron chi connectivity index (χ3n) is 5.89. The van der Waals surface area contributed by atoms with Crippen molar-refractivity contribution in [3.8, 4) is 5.75 Å². The maximum absolute atomic E-state index is 13.5. The first kappa shape index (κ1) is 22.0. The number of amides is 1. The molecular weight excluding hydrogens is 436 g/mol. The van der Waals surface area contributed by atoms with Gasteiger partial charge >= 0.3 is 0 Å². The third kappa shape index (κ3) is 4.83. The van der Waals surface area contributed by atoms with E-state index in [1.807, 2.05) is 6.92 Å². The normalized spacial score (nSPS) is 19.8. The molecule has 0 bridgehead atoms. The minimum atomic E-state index is -3.90. The number of carbonyl (C=O) groups is 1. The molecule has 4 rings (SSSR count). The van der Waals surface area contributed by atoms with Gasteiger partial charge in [0, 0.05) is 11.1 Å². The monoisotopic (exact) mass is 462 g/mol. The Balaban J connectivity index is 1.63. The summed E-state index contributed by atoms with van der Waals surface area (Å²) in [5.41, 5.74) is 1.30. The summed E-state index contributed by atoms with van der Waals surface area (Å²) in [4.78, 5) is 13.2. The Labute approximate surface area is 188 Å². The molecule has 31 heavy (non-hydrogen) atoms. The van der Waals surface area contributed by atoms with E-state index in [4.69, 9.17) is 16.3 Å². The van der Waals surface area contributed by atoms with Gasteiger partial charge in [-0.05, 0) is 50.1 Å². The molecule has 2 aromatic rings. The standard InChI is InChI=1S/C23H27ClN2O4S/c1-16-8-11-19(12-9-16)31(28,29)26-15-22(30-21-13-10-17(24)14-20(21)26)23(27)25-18-6-4-2-3-5-7-18/h8-14,18,22H,2-7,15H2,1H3,(H,25,27). The number of hydrogen-bond acceptors (Lipinski definition) is 4. The predicted molar refractivity (Wildman–Crippen MR) is 121 cm³/mol. The zero-order chi connectivity index (χ0) is 22.0. The second-order valence-corrected chi connectivity index (χ2v) is 10.6. The first-order valence-electron chi connectivity index (χ1n) is 10.7. The van der Waals surface area contributed by atoms with Crippen molar-refractivity contribution in [3.05, 3.63) is 53.1 Å². The van der Waals surface area contributed by atoms with E-state index in [1.165, 1.54) is 17.1 Å². The number of carbonyl (C=O) groups excluding carboxylic acids is 1. The van der Waals surface area contributed by atoms with E-state index in [0.29, 0.717) is 16.5 Å². The lowest BCUT2D eigenvalue weighted by Gasteiger charge is -2.35. The number of benzene rings is 2. The second-order valence-electron chi connectivity index (χ2n) is 8.26. The summed E-state index contributed by atoms with van der Waals surface area (Å²) < 4.78 is 34.1. The van der Waals surface area contributed by atoms with E-state index in [1.54, 1.807) is 42.5 Å². The Hall–Kier alpha value is -2.25. The van der Waals surface area contributed by atoms with E-state index in [-0.39, 0.29) is 23.4 Å². The molecule has 1 saturated carbocycles. The number of sulfonamides is 1. The van der Waals surface area contributed by atoms with Gasteiger partial charge in [-0.2, -0.15) is 0 Å². The maximum atomic E-state index is 13.5. The van der Waals surface area contributed by atoms with Gasteiger partial charge in [0.15, 0.2) is 6.10 Å². The Morgan fingerprint density at radius 1 is 1.06 bits per heavy atom. The molecule has 0 spiro atoms. The van der Waals surface area contributed by atoms with Crippen LogP contribution < -0.4 is 14.4 Å². The van der Waals surface area contributed by atoms with Crippen LogP contribution in [0, 0.1) is 6.92 Å². The molecule has 1 aliphatic carbocycles. The molecule has 8 heteroatoms. The lowest BCUT2D eigenvalue weighted by Crippen LogP contribution is -2.52. The highest BCUT2D eigenvalue weighted by molar-refractivity contribution is 7.92. The quantitative estimate of drug-likeness (QED) is 0.681. The lowest BCUT2D eigenvalue weighted by molar-refractivity contribution is -0.128. The molecule has 1 fully saturated rings. The summed E-state index contributed by atoms with van der Waals surface area (Å²) in [7, 11) is -3.90. The molecule has 0 radical (unpaired) electrons. The van der Waals surface area contributed by atoms with Crippen LogP contribution in [0.3, 0.4) is 0 Å². The van der Waals surface area contributed by atoms with Gasteiger partial charge in [-0.1, -0.05) is 55.0 Å². The molecule has 1 aliphatic heterocycles. The van der Waals surface area contributed by atoms with Crippen LogP contribution >= 0.6 is 11.6 Å². The fraction of sp³-hybridized carbons (Fsp3) is 0.435. The minimum Gasteiger partial charge on any atom is -0.476 e. The van der Waals surface area contributed by atoms with Crippen LogP contribution in [0.1, 0.15) is 44.1 Å². The number of aryl methyl sites for hydroxylation is 1. The van der Waals surface area contributed by atoms with Crippen LogP contribution in [0.15, 0.2) is 47.4 Å². The van der Waals surface area contributed by atoms with Crippen molar-refractivity contribution in [1.29, 1.82) is 0 Å². The van der Waals surface area contributed by atoms with E-state index in [0.717, 1.165) is 31.2 Å². The molecule has 2 aliphatic rings. The predicted octanol–water partition coefficient (Wildman–Crippen LogP) is 4.44. The van der Waals surface area contributed by atoms with E-state index >= 15 is 0 Å². The van der Waals surface area contributed by atoms with Crippen molar-refractivity contribution in [2.75, 3.05) is 10.8 Å². The van der Waals surface area contributed by atoms with Gasteiger partial charge in [0.25, 0.3) is 15.9 Å². The van der Waals surface area contributed by atoms with Crippen molar-refractivity contribution in [3.63, 3.8) is 0 Å². The van der Waals surface area contributed by atoms with Gasteiger partial charge in [-0.3, -0.25) is 9.10 Å². The van der Waals surface area contributed by atoms with Crippen LogP contribution in [-0.2, 0) is 14.8 Å². The van der Waals surface area contributed by atoms with E-state index in [2.05, 4.69) is 5.32 Å². The number of hydrogen-bond donors (Lipinski definition) is 1. The average molecular weight is 463 g/mol. The Morgan fingerprint density at radius 3 is 2.42 bits per heavy atom. The van der Waals surface area contributed by atoms with Crippen molar-refractivity contribution < 1.29 is 17.9 Å². The number of nitrogens with one attached hydrogen (secondary N) is 1. The van der Waals surface area contributed by atoms with Crippen LogP contribution in [0.25, 0.3) is 0 Å². The van der Waals surface area contributed by atoms with Crippen molar-refractivity contribution in [2.45, 2.75) is 62.5 Å². The molecule has 0 aromatic heterocycles. The summed E-state index contributed by atoms with van der Waals surface area (Å²) in [6.07, 6.45) is 5.49.